The number of alkyl halides is 3. The van der Waals surface area contributed by atoms with Gasteiger partial charge in [0.05, 0.1) is 22.7 Å². The van der Waals surface area contributed by atoms with Crippen LogP contribution in [0.1, 0.15) is 35.0 Å². The fourth-order valence-corrected chi connectivity index (χ4v) is 5.94. The van der Waals surface area contributed by atoms with Crippen LogP contribution in [-0.2, 0) is 12.0 Å². The van der Waals surface area contributed by atoms with Crippen LogP contribution in [0.2, 0.25) is 0 Å². The van der Waals surface area contributed by atoms with E-state index in [1.54, 1.807) is 0 Å². The van der Waals surface area contributed by atoms with Crippen LogP contribution >= 0.6 is 11.8 Å². The summed E-state index contributed by atoms with van der Waals surface area (Å²) in [6.45, 7) is 1.48. The predicted octanol–water partition coefficient (Wildman–Crippen LogP) is 3.01. The Morgan fingerprint density at radius 3 is 2.77 bits per heavy atom. The molecule has 2 heterocycles. The Bertz CT molecular complexity index is 1230. The van der Waals surface area contributed by atoms with Gasteiger partial charge in [0.15, 0.2) is 23.7 Å². The number of carbonyl (C=O) groups is 1. The molecule has 0 radical (unpaired) electrons. The summed E-state index contributed by atoms with van der Waals surface area (Å²) in [7, 11) is 0. The van der Waals surface area contributed by atoms with E-state index in [4.69, 9.17) is 16.9 Å². The van der Waals surface area contributed by atoms with Gasteiger partial charge in [-0.2, -0.15) is 13.2 Å². The molecule has 2 aliphatic rings. The zero-order valence-electron chi connectivity index (χ0n) is 18.3. The SMILES string of the molecule is C#CCOc1cnc(C(=O)Cc2ccc(F)c([C@@]3(C)N=C(N)S[C@@]4([C@H](O)C(F)(F)F)C[C@H]43)c2)cn1. The Balaban J connectivity index is 1.59. The second kappa shape index (κ2) is 8.80. The first-order valence-corrected chi connectivity index (χ1v) is 11.2. The standard InChI is InChI=1S/C23H20F4N4O3S/c1-3-6-34-18-11-29-15(10-30-18)16(32)8-12-4-5-14(24)13(7-12)21(2)17-9-22(17,35-20(28)31-21)19(33)23(25,26)27/h1,4-5,7,10-11,17,19,33H,6,8-9H2,2H3,(H2,28,31)/t17-,19-,21+,22-/m0/s1. The molecule has 1 aliphatic carbocycles. The molecule has 3 N–H and O–H groups in total. The quantitative estimate of drug-likeness (QED) is 0.336. The van der Waals surface area contributed by atoms with Crippen LogP contribution in [0.5, 0.6) is 5.88 Å². The van der Waals surface area contributed by atoms with Gasteiger partial charge in [-0.15, -0.1) is 6.42 Å². The van der Waals surface area contributed by atoms with E-state index in [2.05, 4.69) is 20.9 Å². The maximum Gasteiger partial charge on any atom is 0.415 e. The number of hydrogen-bond acceptors (Lipinski definition) is 8. The molecule has 0 unspecified atom stereocenters. The van der Waals surface area contributed by atoms with Crippen molar-refractivity contribution in [2.45, 2.75) is 42.3 Å². The van der Waals surface area contributed by atoms with Crippen molar-refractivity contribution < 1.29 is 32.2 Å². The van der Waals surface area contributed by atoms with Crippen molar-refractivity contribution in [3.05, 3.63) is 53.2 Å². The number of thioether (sulfide) groups is 1. The van der Waals surface area contributed by atoms with E-state index in [0.717, 1.165) is 6.07 Å². The summed E-state index contributed by atoms with van der Waals surface area (Å²) < 4.78 is 58.4. The number of aliphatic hydroxyl groups excluding tert-OH is 1. The molecule has 35 heavy (non-hydrogen) atoms. The number of rotatable bonds is 7. The fourth-order valence-electron chi connectivity index (χ4n) is 4.45. The number of nitrogens with two attached hydrogens (primary N) is 1. The van der Waals surface area contributed by atoms with E-state index < -0.39 is 40.1 Å². The summed E-state index contributed by atoms with van der Waals surface area (Å²) in [5.74, 6) is 0.488. The van der Waals surface area contributed by atoms with Gasteiger partial charge in [0.25, 0.3) is 0 Å². The maximum absolute atomic E-state index is 14.9. The third-order valence-electron chi connectivity index (χ3n) is 6.20. The van der Waals surface area contributed by atoms with E-state index in [9.17, 15) is 27.5 Å². The van der Waals surface area contributed by atoms with Crippen molar-refractivity contribution in [3.8, 4) is 18.2 Å². The number of hydrogen-bond donors (Lipinski definition) is 2. The Kier molecular flexibility index (Phi) is 6.27. The first-order chi connectivity index (χ1) is 16.4. The van der Waals surface area contributed by atoms with Crippen molar-refractivity contribution in [3.63, 3.8) is 0 Å². The number of fused-ring (bicyclic) bond motifs is 1. The van der Waals surface area contributed by atoms with Crippen LogP contribution in [-0.4, -0.2) is 49.7 Å². The summed E-state index contributed by atoms with van der Waals surface area (Å²) in [5, 5.41) is 9.84. The van der Waals surface area contributed by atoms with Crippen molar-refractivity contribution in [2.24, 2.45) is 16.6 Å². The van der Waals surface area contributed by atoms with Crippen molar-refractivity contribution in [1.82, 2.24) is 9.97 Å². The molecule has 1 aromatic carbocycles. The van der Waals surface area contributed by atoms with Crippen LogP contribution in [0.4, 0.5) is 17.6 Å². The number of ketones is 1. The number of terminal acetylenes is 1. The number of aliphatic hydroxyl groups is 1. The van der Waals surface area contributed by atoms with Crippen molar-refractivity contribution in [1.29, 1.82) is 0 Å². The lowest BCUT2D eigenvalue weighted by Crippen LogP contribution is -2.47. The summed E-state index contributed by atoms with van der Waals surface area (Å²) >= 11 is 0.664. The summed E-state index contributed by atoms with van der Waals surface area (Å²) in [6.07, 6.45) is -0.152. The van der Waals surface area contributed by atoms with Crippen molar-refractivity contribution in [2.75, 3.05) is 6.61 Å². The zero-order chi connectivity index (χ0) is 25.6. The third-order valence-corrected chi connectivity index (χ3v) is 7.55. The first kappa shape index (κ1) is 24.9. The highest BCUT2D eigenvalue weighted by Crippen LogP contribution is 2.68. The Labute approximate surface area is 202 Å². The molecule has 0 bridgehead atoms. The number of aliphatic imine (C=N–C) groups is 1. The molecule has 12 heteroatoms. The molecule has 7 nitrogen and oxygen atoms in total. The summed E-state index contributed by atoms with van der Waals surface area (Å²) in [4.78, 5) is 24.9. The van der Waals surface area contributed by atoms with E-state index >= 15 is 0 Å². The Morgan fingerprint density at radius 2 is 2.14 bits per heavy atom. The molecule has 1 aliphatic heterocycles. The molecular weight excluding hydrogens is 488 g/mol. The van der Waals surface area contributed by atoms with Gasteiger partial charge in [0.1, 0.15) is 11.5 Å². The van der Waals surface area contributed by atoms with Gasteiger partial charge in [0.2, 0.25) is 5.88 Å². The topological polar surface area (TPSA) is 111 Å². The average Bonchev–Trinajstić information content (AvgIpc) is 3.54. The normalized spacial score (nSPS) is 26.2. The highest BCUT2D eigenvalue weighted by molar-refractivity contribution is 8.15. The van der Waals surface area contributed by atoms with Gasteiger partial charge >= 0.3 is 6.18 Å². The van der Waals surface area contributed by atoms with E-state index in [1.807, 2.05) is 0 Å². The molecule has 2 aromatic rings. The molecule has 184 valence electrons. The van der Waals surface area contributed by atoms with Gasteiger partial charge in [-0.25, -0.2) is 14.4 Å². The van der Waals surface area contributed by atoms with Crippen LogP contribution in [0, 0.1) is 24.1 Å². The second-order valence-electron chi connectivity index (χ2n) is 8.50. The number of Topliss-reactive ketones (excluding diaryl/α,β-unsaturated/α-hetero) is 1. The van der Waals surface area contributed by atoms with Gasteiger partial charge in [-0.3, -0.25) is 9.79 Å². The van der Waals surface area contributed by atoms with Gasteiger partial charge in [-0.1, -0.05) is 23.7 Å². The number of nitrogens with zero attached hydrogens (tertiary/aromatic N) is 3. The van der Waals surface area contributed by atoms with Gasteiger partial charge in [-0.05, 0) is 31.0 Å². The van der Waals surface area contributed by atoms with Gasteiger partial charge in [0, 0.05) is 17.9 Å². The molecule has 1 fully saturated rings. The lowest BCUT2D eigenvalue weighted by atomic mass is 9.83. The molecule has 0 spiro atoms. The highest BCUT2D eigenvalue weighted by atomic mass is 32.2. The number of amidine groups is 1. The highest BCUT2D eigenvalue weighted by Gasteiger charge is 2.74. The van der Waals surface area contributed by atoms with Crippen LogP contribution in [0.3, 0.4) is 0 Å². The molecule has 1 aromatic heterocycles. The number of ether oxygens (including phenoxy) is 1. The number of carbonyl (C=O) groups excluding carboxylic acids is 1. The molecule has 0 saturated heterocycles. The maximum atomic E-state index is 14.9. The van der Waals surface area contributed by atoms with Crippen LogP contribution in [0.15, 0.2) is 35.6 Å². The molecule has 4 atom stereocenters. The van der Waals surface area contributed by atoms with Gasteiger partial charge < -0.3 is 15.6 Å². The Morgan fingerprint density at radius 1 is 1.40 bits per heavy atom. The third kappa shape index (κ3) is 4.58. The average molecular weight is 508 g/mol. The number of benzene rings is 1. The van der Waals surface area contributed by atoms with Crippen LogP contribution in [0.25, 0.3) is 0 Å². The fraction of sp³-hybridized carbons (Fsp3) is 0.391. The van der Waals surface area contributed by atoms with Crippen molar-refractivity contribution >= 4 is 22.7 Å². The molecule has 4 rings (SSSR count). The van der Waals surface area contributed by atoms with E-state index in [0.29, 0.717) is 17.3 Å². The minimum absolute atomic E-state index is 0.00332. The summed E-state index contributed by atoms with van der Waals surface area (Å²) in [6, 6.07) is 3.91. The predicted molar refractivity (Wildman–Crippen MR) is 120 cm³/mol. The summed E-state index contributed by atoms with van der Waals surface area (Å²) in [5.41, 5.74) is 4.82. The minimum atomic E-state index is -4.87. The lowest BCUT2D eigenvalue weighted by Gasteiger charge is -2.36. The monoisotopic (exact) mass is 508 g/mol. The number of halogens is 4. The second-order valence-corrected chi connectivity index (χ2v) is 9.88. The van der Waals surface area contributed by atoms with E-state index in [1.165, 1.54) is 31.5 Å². The molecular formula is C23H20F4N4O3S. The molecule has 1 saturated carbocycles. The largest absolute Gasteiger partial charge is 0.463 e. The zero-order valence-corrected chi connectivity index (χ0v) is 19.2. The minimum Gasteiger partial charge on any atom is -0.463 e. The first-order valence-electron chi connectivity index (χ1n) is 10.4. The van der Waals surface area contributed by atoms with Crippen LogP contribution < -0.4 is 10.5 Å². The smallest absolute Gasteiger partial charge is 0.415 e. The van der Waals surface area contributed by atoms with E-state index in [-0.39, 0.29) is 41.8 Å². The molecule has 0 amide bonds. The lowest BCUT2D eigenvalue weighted by molar-refractivity contribution is -0.207. The Hall–Kier alpha value is -3.17. The number of aromatic nitrogens is 2.